The van der Waals surface area contributed by atoms with E-state index in [2.05, 4.69) is 19.1 Å². The SMILES string of the molecule is Cc1ccc2c(c1)oc1ccc(Cl)cc12. The van der Waals surface area contributed by atoms with Crippen LogP contribution in [0.15, 0.2) is 40.8 Å². The zero-order valence-electron chi connectivity index (χ0n) is 8.25. The molecule has 0 radical (unpaired) electrons. The lowest BCUT2D eigenvalue weighted by atomic mass is 10.1. The average Bonchev–Trinajstić information content (AvgIpc) is 2.54. The number of fused-ring (bicyclic) bond motifs is 3. The monoisotopic (exact) mass is 216 g/mol. The van der Waals surface area contributed by atoms with Crippen LogP contribution >= 0.6 is 11.6 Å². The van der Waals surface area contributed by atoms with Crippen LogP contribution in [0.25, 0.3) is 21.9 Å². The molecule has 0 fully saturated rings. The Morgan fingerprint density at radius 2 is 1.80 bits per heavy atom. The van der Waals surface area contributed by atoms with Crippen molar-refractivity contribution in [3.8, 4) is 0 Å². The summed E-state index contributed by atoms with van der Waals surface area (Å²) in [6.07, 6.45) is 0. The van der Waals surface area contributed by atoms with E-state index >= 15 is 0 Å². The van der Waals surface area contributed by atoms with E-state index in [1.54, 1.807) is 0 Å². The van der Waals surface area contributed by atoms with Gasteiger partial charge in [-0.05, 0) is 36.8 Å². The van der Waals surface area contributed by atoms with E-state index in [1.165, 1.54) is 5.56 Å². The Hall–Kier alpha value is -1.47. The molecular formula is C13H9ClO. The molecule has 3 aromatic rings. The van der Waals surface area contributed by atoms with Gasteiger partial charge in [0.1, 0.15) is 11.2 Å². The first-order valence-electron chi connectivity index (χ1n) is 4.82. The lowest BCUT2D eigenvalue weighted by Crippen LogP contribution is -1.70. The van der Waals surface area contributed by atoms with E-state index in [4.69, 9.17) is 16.0 Å². The second-order valence-electron chi connectivity index (χ2n) is 3.74. The van der Waals surface area contributed by atoms with E-state index in [1.807, 2.05) is 24.3 Å². The molecule has 0 saturated heterocycles. The van der Waals surface area contributed by atoms with E-state index < -0.39 is 0 Å². The number of hydrogen-bond acceptors (Lipinski definition) is 1. The Balaban J connectivity index is 2.53. The lowest BCUT2D eigenvalue weighted by Gasteiger charge is -1.91. The number of hydrogen-bond donors (Lipinski definition) is 0. The molecule has 0 unspecified atom stereocenters. The molecule has 1 heterocycles. The Morgan fingerprint density at radius 3 is 2.67 bits per heavy atom. The highest BCUT2D eigenvalue weighted by atomic mass is 35.5. The fourth-order valence-corrected chi connectivity index (χ4v) is 2.03. The van der Waals surface area contributed by atoms with E-state index in [-0.39, 0.29) is 0 Å². The van der Waals surface area contributed by atoms with Gasteiger partial charge in [-0.1, -0.05) is 23.7 Å². The quantitative estimate of drug-likeness (QED) is 0.537. The third-order valence-corrected chi connectivity index (χ3v) is 2.82. The summed E-state index contributed by atoms with van der Waals surface area (Å²) in [5.41, 5.74) is 3.01. The molecule has 2 heteroatoms. The molecule has 0 aliphatic carbocycles. The zero-order chi connectivity index (χ0) is 10.4. The second-order valence-corrected chi connectivity index (χ2v) is 4.18. The van der Waals surface area contributed by atoms with Crippen molar-refractivity contribution in [3.05, 3.63) is 47.0 Å². The van der Waals surface area contributed by atoms with Crippen LogP contribution in [-0.4, -0.2) is 0 Å². The van der Waals surface area contributed by atoms with Crippen LogP contribution < -0.4 is 0 Å². The van der Waals surface area contributed by atoms with Gasteiger partial charge in [-0.3, -0.25) is 0 Å². The molecule has 0 saturated carbocycles. The van der Waals surface area contributed by atoms with Gasteiger partial charge >= 0.3 is 0 Å². The second kappa shape index (κ2) is 3.01. The Labute approximate surface area is 92.3 Å². The molecule has 0 bridgehead atoms. The van der Waals surface area contributed by atoms with Crippen LogP contribution in [-0.2, 0) is 0 Å². The predicted octanol–water partition coefficient (Wildman–Crippen LogP) is 4.55. The minimum atomic E-state index is 0.741. The number of rotatable bonds is 0. The normalized spacial score (nSPS) is 11.3. The molecule has 2 aromatic carbocycles. The van der Waals surface area contributed by atoms with Gasteiger partial charge in [-0.15, -0.1) is 0 Å². The smallest absolute Gasteiger partial charge is 0.135 e. The van der Waals surface area contributed by atoms with Gasteiger partial charge in [0.05, 0.1) is 0 Å². The highest BCUT2D eigenvalue weighted by molar-refractivity contribution is 6.31. The molecule has 0 N–H and O–H groups in total. The summed E-state index contributed by atoms with van der Waals surface area (Å²) in [5.74, 6) is 0. The summed E-state index contributed by atoms with van der Waals surface area (Å²) in [5, 5.41) is 2.95. The highest BCUT2D eigenvalue weighted by Gasteiger charge is 2.06. The average molecular weight is 217 g/mol. The molecule has 0 amide bonds. The van der Waals surface area contributed by atoms with E-state index in [0.717, 1.165) is 27.0 Å². The Bertz CT molecular complexity index is 652. The van der Waals surface area contributed by atoms with Crippen LogP contribution in [0.2, 0.25) is 5.02 Å². The number of furan rings is 1. The number of benzene rings is 2. The van der Waals surface area contributed by atoms with Crippen molar-refractivity contribution in [2.45, 2.75) is 6.92 Å². The van der Waals surface area contributed by atoms with Crippen LogP contribution in [0.5, 0.6) is 0 Å². The zero-order valence-corrected chi connectivity index (χ0v) is 9.01. The summed E-state index contributed by atoms with van der Waals surface area (Å²) >= 11 is 5.97. The van der Waals surface area contributed by atoms with Crippen LogP contribution in [0.3, 0.4) is 0 Å². The Morgan fingerprint density at radius 1 is 0.933 bits per heavy atom. The summed E-state index contributed by atoms with van der Waals surface area (Å²) in [4.78, 5) is 0. The third kappa shape index (κ3) is 1.31. The summed E-state index contributed by atoms with van der Waals surface area (Å²) in [7, 11) is 0. The van der Waals surface area contributed by atoms with Gasteiger partial charge in [0, 0.05) is 15.8 Å². The van der Waals surface area contributed by atoms with Crippen LogP contribution in [0, 0.1) is 6.92 Å². The van der Waals surface area contributed by atoms with Gasteiger partial charge in [-0.2, -0.15) is 0 Å². The van der Waals surface area contributed by atoms with Gasteiger partial charge in [-0.25, -0.2) is 0 Å². The maximum absolute atomic E-state index is 5.97. The lowest BCUT2D eigenvalue weighted by molar-refractivity contribution is 0.668. The third-order valence-electron chi connectivity index (χ3n) is 2.59. The molecule has 1 nitrogen and oxygen atoms in total. The van der Waals surface area contributed by atoms with Gasteiger partial charge in [0.25, 0.3) is 0 Å². The first kappa shape index (κ1) is 8.81. The number of halogens is 1. The fourth-order valence-electron chi connectivity index (χ4n) is 1.86. The summed E-state index contributed by atoms with van der Waals surface area (Å²) in [6, 6.07) is 11.9. The van der Waals surface area contributed by atoms with Crippen LogP contribution in [0.4, 0.5) is 0 Å². The first-order chi connectivity index (χ1) is 7.24. The topological polar surface area (TPSA) is 13.1 Å². The van der Waals surface area contributed by atoms with Gasteiger partial charge in [0.15, 0.2) is 0 Å². The van der Waals surface area contributed by atoms with E-state index in [9.17, 15) is 0 Å². The first-order valence-corrected chi connectivity index (χ1v) is 5.20. The minimum Gasteiger partial charge on any atom is -0.456 e. The van der Waals surface area contributed by atoms with Crippen molar-refractivity contribution < 1.29 is 4.42 Å². The van der Waals surface area contributed by atoms with Gasteiger partial charge in [0.2, 0.25) is 0 Å². The standard InChI is InChI=1S/C13H9ClO/c1-8-2-4-10-11-7-9(14)3-5-12(11)15-13(10)6-8/h2-7H,1H3. The van der Waals surface area contributed by atoms with E-state index in [0.29, 0.717) is 0 Å². The van der Waals surface area contributed by atoms with Crippen molar-refractivity contribution in [2.24, 2.45) is 0 Å². The molecule has 15 heavy (non-hydrogen) atoms. The predicted molar refractivity (Wildman–Crippen MR) is 63.5 cm³/mol. The summed E-state index contributed by atoms with van der Waals surface area (Å²) in [6.45, 7) is 2.06. The molecule has 74 valence electrons. The van der Waals surface area contributed by atoms with Crippen molar-refractivity contribution >= 4 is 33.5 Å². The van der Waals surface area contributed by atoms with Crippen molar-refractivity contribution in [3.63, 3.8) is 0 Å². The summed E-state index contributed by atoms with van der Waals surface area (Å²) < 4.78 is 5.73. The largest absolute Gasteiger partial charge is 0.456 e. The molecule has 0 spiro atoms. The molecule has 1 aromatic heterocycles. The molecular weight excluding hydrogens is 208 g/mol. The molecule has 3 rings (SSSR count). The maximum atomic E-state index is 5.97. The van der Waals surface area contributed by atoms with Crippen molar-refractivity contribution in [2.75, 3.05) is 0 Å². The Kier molecular flexibility index (Phi) is 1.77. The number of aryl methyl sites for hydroxylation is 1. The molecule has 0 atom stereocenters. The fraction of sp³-hybridized carbons (Fsp3) is 0.0769. The van der Waals surface area contributed by atoms with Crippen molar-refractivity contribution in [1.29, 1.82) is 0 Å². The molecule has 0 aliphatic heterocycles. The molecule has 0 aliphatic rings. The maximum Gasteiger partial charge on any atom is 0.135 e. The van der Waals surface area contributed by atoms with Crippen LogP contribution in [0.1, 0.15) is 5.56 Å². The van der Waals surface area contributed by atoms with Gasteiger partial charge < -0.3 is 4.42 Å². The minimum absolute atomic E-state index is 0.741. The highest BCUT2D eigenvalue weighted by Crippen LogP contribution is 2.30. The van der Waals surface area contributed by atoms with Crippen molar-refractivity contribution in [1.82, 2.24) is 0 Å².